The number of halogens is 1. The molecule has 0 radical (unpaired) electrons. The minimum atomic E-state index is -3.73. The number of carbonyl (C=O) groups excluding carboxylic acids is 1. The molecule has 0 saturated heterocycles. The smallest absolute Gasteiger partial charge is 0.200 e. The first-order valence-corrected chi connectivity index (χ1v) is 14.1. The number of hydrogen-bond donors (Lipinski definition) is 0. The monoisotopic (exact) mass is 526 g/mol. The van der Waals surface area contributed by atoms with Gasteiger partial charge in [-0.15, -0.1) is 16.4 Å². The Balaban J connectivity index is 1.42. The Bertz CT molecular complexity index is 1540. The van der Waals surface area contributed by atoms with Crippen molar-refractivity contribution in [2.45, 2.75) is 42.4 Å². The van der Waals surface area contributed by atoms with Crippen molar-refractivity contribution in [3.63, 3.8) is 0 Å². The van der Waals surface area contributed by atoms with Crippen molar-refractivity contribution in [2.24, 2.45) is 18.4 Å². The maximum atomic E-state index is 14.0. The van der Waals surface area contributed by atoms with Crippen molar-refractivity contribution in [1.29, 1.82) is 0 Å². The molecule has 2 aliphatic carbocycles. The molecule has 1 unspecified atom stereocenters. The zero-order valence-corrected chi connectivity index (χ0v) is 21.0. The van der Waals surface area contributed by atoms with Crippen LogP contribution in [0, 0.1) is 17.2 Å². The number of carbonyl (C=O) groups is 1. The van der Waals surface area contributed by atoms with Crippen LogP contribution in [0.2, 0.25) is 0 Å². The van der Waals surface area contributed by atoms with Gasteiger partial charge in [0.25, 0.3) is 0 Å². The molecule has 0 amide bonds. The third kappa shape index (κ3) is 3.62. The Kier molecular flexibility index (Phi) is 5.41. The standard InChI is InChI=1S/C24H23FN6O3S2/c1-30-10-8-21(28-30)36(33,34)18-7-2-15-12-20-19(27-29-31(20)17-5-3-16(25)4-6-17)14-24(15,13-18)22(32)23-26-9-11-35-23/h3-6,8-11,15,18H,2,7,12-14H2,1H3/t15?,18-,24+/m0/s1. The Labute approximate surface area is 210 Å². The van der Waals surface area contributed by atoms with E-state index in [4.69, 9.17) is 0 Å². The number of fused-ring (bicyclic) bond motifs is 2. The van der Waals surface area contributed by atoms with Crippen LogP contribution in [0.3, 0.4) is 0 Å². The third-order valence-electron chi connectivity index (χ3n) is 7.55. The van der Waals surface area contributed by atoms with Crippen LogP contribution in [0.15, 0.2) is 53.1 Å². The first kappa shape index (κ1) is 23.2. The highest BCUT2D eigenvalue weighted by atomic mass is 32.2. The number of Topliss-reactive ketones (excluding diaryl/α,β-unsaturated/α-hetero) is 1. The minimum Gasteiger partial charge on any atom is -0.291 e. The number of nitrogens with zero attached hydrogens (tertiary/aromatic N) is 6. The Hall–Kier alpha value is -3.25. The molecular weight excluding hydrogens is 503 g/mol. The lowest BCUT2D eigenvalue weighted by Gasteiger charge is -2.47. The molecule has 4 aromatic rings. The van der Waals surface area contributed by atoms with Gasteiger partial charge in [0.05, 0.1) is 22.3 Å². The summed E-state index contributed by atoms with van der Waals surface area (Å²) in [6.45, 7) is 0. The fraction of sp³-hybridized carbons (Fsp3) is 0.375. The van der Waals surface area contributed by atoms with E-state index in [0.717, 1.165) is 5.69 Å². The topological polar surface area (TPSA) is 113 Å². The van der Waals surface area contributed by atoms with Crippen LogP contribution in [0.25, 0.3) is 5.69 Å². The fourth-order valence-corrected chi connectivity index (χ4v) is 8.22. The van der Waals surface area contributed by atoms with E-state index in [9.17, 15) is 17.6 Å². The molecule has 2 aliphatic rings. The first-order chi connectivity index (χ1) is 17.3. The molecular formula is C24H23FN6O3S2. The zero-order valence-electron chi connectivity index (χ0n) is 19.4. The predicted molar refractivity (Wildman–Crippen MR) is 129 cm³/mol. The molecule has 0 N–H and O–H groups in total. The van der Waals surface area contributed by atoms with Gasteiger partial charge in [0.2, 0.25) is 0 Å². The predicted octanol–water partition coefficient (Wildman–Crippen LogP) is 3.21. The molecule has 0 bridgehead atoms. The second-order valence-electron chi connectivity index (χ2n) is 9.55. The molecule has 1 aromatic carbocycles. The van der Waals surface area contributed by atoms with Gasteiger partial charge in [0, 0.05) is 36.7 Å². The molecule has 186 valence electrons. The minimum absolute atomic E-state index is 0.0315. The molecule has 3 aromatic heterocycles. The van der Waals surface area contributed by atoms with Gasteiger partial charge in [0.15, 0.2) is 25.7 Å². The number of benzene rings is 1. The van der Waals surface area contributed by atoms with E-state index >= 15 is 0 Å². The van der Waals surface area contributed by atoms with E-state index in [1.165, 1.54) is 34.2 Å². The lowest BCUT2D eigenvalue weighted by Crippen LogP contribution is -2.51. The summed E-state index contributed by atoms with van der Waals surface area (Å²) in [6.07, 6.45) is 5.17. The number of rotatable bonds is 5. The molecule has 36 heavy (non-hydrogen) atoms. The summed E-state index contributed by atoms with van der Waals surface area (Å²) in [5, 5.41) is 14.3. The molecule has 0 aliphatic heterocycles. The maximum absolute atomic E-state index is 14.0. The lowest BCUT2D eigenvalue weighted by molar-refractivity contribution is 0.0488. The SMILES string of the molecule is Cn1ccc(S(=O)(=O)[C@H]2CCC3Cc4c(nnn4-c4ccc(F)cc4)C[C@]3(C(=O)c3nccs3)C2)n1. The number of aryl methyl sites for hydroxylation is 1. The van der Waals surface area contributed by atoms with Gasteiger partial charge in [-0.05, 0) is 61.9 Å². The normalized spacial score (nSPS) is 23.7. The van der Waals surface area contributed by atoms with Crippen LogP contribution < -0.4 is 0 Å². The Morgan fingerprint density at radius 2 is 2.00 bits per heavy atom. The van der Waals surface area contributed by atoms with E-state index in [2.05, 4.69) is 20.4 Å². The van der Waals surface area contributed by atoms with Crippen molar-refractivity contribution in [2.75, 3.05) is 0 Å². The number of thiazole rings is 1. The molecule has 1 saturated carbocycles. The van der Waals surface area contributed by atoms with Gasteiger partial charge in [-0.1, -0.05) is 5.21 Å². The summed E-state index contributed by atoms with van der Waals surface area (Å²) in [5.74, 6) is -0.576. The number of aromatic nitrogens is 6. The number of hydrogen-bond acceptors (Lipinski definition) is 8. The van der Waals surface area contributed by atoms with Gasteiger partial charge in [-0.25, -0.2) is 22.5 Å². The van der Waals surface area contributed by atoms with Crippen LogP contribution in [0.5, 0.6) is 0 Å². The van der Waals surface area contributed by atoms with Crippen LogP contribution >= 0.6 is 11.3 Å². The van der Waals surface area contributed by atoms with Crippen molar-refractivity contribution in [3.8, 4) is 5.69 Å². The van der Waals surface area contributed by atoms with Gasteiger partial charge >= 0.3 is 0 Å². The second-order valence-corrected chi connectivity index (χ2v) is 12.6. The zero-order chi connectivity index (χ0) is 25.1. The average molecular weight is 527 g/mol. The quantitative estimate of drug-likeness (QED) is 0.367. The summed E-state index contributed by atoms with van der Waals surface area (Å²) in [5.41, 5.74) is 1.27. The molecule has 12 heteroatoms. The molecule has 6 rings (SSSR count). The largest absolute Gasteiger partial charge is 0.291 e. The third-order valence-corrected chi connectivity index (χ3v) is 10.4. The highest BCUT2D eigenvalue weighted by molar-refractivity contribution is 7.92. The van der Waals surface area contributed by atoms with Crippen molar-refractivity contribution >= 4 is 27.0 Å². The highest BCUT2D eigenvalue weighted by Gasteiger charge is 2.56. The summed E-state index contributed by atoms with van der Waals surface area (Å²) in [6, 6.07) is 7.53. The van der Waals surface area contributed by atoms with Gasteiger partial charge in [-0.2, -0.15) is 5.10 Å². The summed E-state index contributed by atoms with van der Waals surface area (Å²) >= 11 is 1.27. The number of sulfone groups is 1. The van der Waals surface area contributed by atoms with Crippen molar-refractivity contribution in [3.05, 3.63) is 70.3 Å². The van der Waals surface area contributed by atoms with E-state index < -0.39 is 20.5 Å². The van der Waals surface area contributed by atoms with E-state index in [1.54, 1.807) is 41.6 Å². The Morgan fingerprint density at radius 3 is 2.69 bits per heavy atom. The van der Waals surface area contributed by atoms with Crippen LogP contribution in [0.4, 0.5) is 4.39 Å². The molecule has 3 heterocycles. The van der Waals surface area contributed by atoms with Crippen molar-refractivity contribution in [1.82, 2.24) is 29.8 Å². The van der Waals surface area contributed by atoms with Crippen LogP contribution in [-0.2, 0) is 29.7 Å². The summed E-state index contributed by atoms with van der Waals surface area (Å²) in [4.78, 5) is 18.3. The fourth-order valence-electron chi connectivity index (χ4n) is 5.74. The Morgan fingerprint density at radius 1 is 1.19 bits per heavy atom. The van der Waals surface area contributed by atoms with E-state index in [1.807, 2.05) is 0 Å². The summed E-state index contributed by atoms with van der Waals surface area (Å²) in [7, 11) is -2.05. The first-order valence-electron chi connectivity index (χ1n) is 11.7. The van der Waals surface area contributed by atoms with E-state index in [-0.39, 0.29) is 35.4 Å². The maximum Gasteiger partial charge on any atom is 0.200 e. The lowest BCUT2D eigenvalue weighted by atomic mass is 9.57. The van der Waals surface area contributed by atoms with Gasteiger partial charge in [-0.3, -0.25) is 9.48 Å². The van der Waals surface area contributed by atoms with Gasteiger partial charge < -0.3 is 0 Å². The van der Waals surface area contributed by atoms with Crippen LogP contribution in [0.1, 0.15) is 40.5 Å². The summed E-state index contributed by atoms with van der Waals surface area (Å²) < 4.78 is 43.7. The molecule has 3 atom stereocenters. The van der Waals surface area contributed by atoms with Crippen LogP contribution in [-0.4, -0.2) is 49.2 Å². The molecule has 9 nitrogen and oxygen atoms in total. The number of ketones is 1. The van der Waals surface area contributed by atoms with E-state index in [0.29, 0.717) is 35.7 Å². The highest BCUT2D eigenvalue weighted by Crippen LogP contribution is 2.52. The van der Waals surface area contributed by atoms with Gasteiger partial charge in [0.1, 0.15) is 5.82 Å². The second kappa shape index (κ2) is 8.41. The molecule has 1 fully saturated rings. The molecule has 0 spiro atoms. The van der Waals surface area contributed by atoms with Crippen molar-refractivity contribution < 1.29 is 17.6 Å². The average Bonchev–Trinajstić information content (AvgIpc) is 3.63.